The van der Waals surface area contributed by atoms with Crippen molar-refractivity contribution < 1.29 is 4.42 Å². The van der Waals surface area contributed by atoms with E-state index < -0.39 is 0 Å². The molecule has 0 saturated heterocycles. The Hall–Kier alpha value is -2.13. The van der Waals surface area contributed by atoms with Crippen molar-refractivity contribution in [3.63, 3.8) is 0 Å². The van der Waals surface area contributed by atoms with Crippen LogP contribution in [-0.4, -0.2) is 11.5 Å². The zero-order chi connectivity index (χ0) is 16.4. The Labute approximate surface area is 142 Å². The Bertz CT molecular complexity index is 809. The zero-order valence-corrected chi connectivity index (χ0v) is 13.9. The van der Waals surface area contributed by atoms with Crippen LogP contribution in [0.15, 0.2) is 52.9 Å². The minimum Gasteiger partial charge on any atom is -0.440 e. The Morgan fingerprint density at radius 2 is 1.83 bits per heavy atom. The molecule has 2 aromatic carbocycles. The van der Waals surface area contributed by atoms with Crippen LogP contribution < -0.4 is 5.73 Å². The molecule has 2 atom stereocenters. The Kier molecular flexibility index (Phi) is 4.35. The van der Waals surface area contributed by atoms with Crippen LogP contribution in [0.3, 0.4) is 0 Å². The summed E-state index contributed by atoms with van der Waals surface area (Å²) in [6.07, 6.45) is 5.47. The minimum absolute atomic E-state index is 0.567. The van der Waals surface area contributed by atoms with Crippen molar-refractivity contribution in [1.82, 2.24) is 4.98 Å². The Morgan fingerprint density at radius 1 is 1.00 bits per heavy atom. The lowest BCUT2D eigenvalue weighted by Crippen LogP contribution is -2.01. The number of fused-ring (bicyclic) bond motifs is 1. The van der Waals surface area contributed by atoms with Gasteiger partial charge in [-0.3, -0.25) is 0 Å². The predicted molar refractivity (Wildman–Crippen MR) is 97.0 cm³/mol. The van der Waals surface area contributed by atoms with Gasteiger partial charge in [0.15, 0.2) is 11.5 Å². The summed E-state index contributed by atoms with van der Waals surface area (Å²) in [4.78, 5) is 4.68. The van der Waals surface area contributed by atoms with E-state index in [0.29, 0.717) is 11.8 Å². The molecule has 3 nitrogen and oxygen atoms in total. The molecule has 0 unspecified atom stereocenters. The summed E-state index contributed by atoms with van der Waals surface area (Å²) in [5.74, 6) is 2.06. The number of nitrogens with two attached hydrogens (primary N) is 1. The number of oxazole rings is 1. The maximum atomic E-state index is 6.09. The lowest BCUT2D eigenvalue weighted by atomic mass is 10.1. The van der Waals surface area contributed by atoms with E-state index >= 15 is 0 Å². The molecule has 0 bridgehead atoms. The smallest absolute Gasteiger partial charge is 0.195 e. The lowest BCUT2D eigenvalue weighted by molar-refractivity contribution is 0.511. The van der Waals surface area contributed by atoms with Crippen LogP contribution in [0.4, 0.5) is 0 Å². The molecular weight excluding hydrogens is 296 g/mol. The summed E-state index contributed by atoms with van der Waals surface area (Å²) in [7, 11) is 0. The fourth-order valence-electron chi connectivity index (χ4n) is 3.55. The topological polar surface area (TPSA) is 52.0 Å². The largest absolute Gasteiger partial charge is 0.440 e. The third-order valence-corrected chi connectivity index (χ3v) is 5.06. The van der Waals surface area contributed by atoms with Gasteiger partial charge in [-0.25, -0.2) is 4.98 Å². The number of aryl methyl sites for hydroxylation is 2. The van der Waals surface area contributed by atoms with Gasteiger partial charge in [0.2, 0.25) is 0 Å². The van der Waals surface area contributed by atoms with Gasteiger partial charge in [0.05, 0.1) is 0 Å². The molecule has 0 radical (unpaired) electrons. The molecule has 24 heavy (non-hydrogen) atoms. The van der Waals surface area contributed by atoms with E-state index in [0.717, 1.165) is 49.2 Å². The van der Waals surface area contributed by atoms with Crippen molar-refractivity contribution in [2.24, 2.45) is 11.7 Å². The number of rotatable bonds is 7. The van der Waals surface area contributed by atoms with Gasteiger partial charge in [0.1, 0.15) is 5.52 Å². The van der Waals surface area contributed by atoms with Crippen molar-refractivity contribution in [2.75, 3.05) is 6.54 Å². The molecule has 2 N–H and O–H groups in total. The highest BCUT2D eigenvalue weighted by Gasteiger charge is 2.38. The van der Waals surface area contributed by atoms with E-state index in [-0.39, 0.29) is 0 Å². The molecule has 1 heterocycles. The van der Waals surface area contributed by atoms with Crippen molar-refractivity contribution >= 4 is 11.1 Å². The fourth-order valence-corrected chi connectivity index (χ4v) is 3.55. The summed E-state index contributed by atoms with van der Waals surface area (Å²) < 4.78 is 6.09. The second kappa shape index (κ2) is 6.78. The molecule has 124 valence electrons. The molecule has 1 aliphatic rings. The zero-order valence-electron chi connectivity index (χ0n) is 13.9. The number of benzene rings is 2. The van der Waals surface area contributed by atoms with Crippen LogP contribution in [0.5, 0.6) is 0 Å². The lowest BCUT2D eigenvalue weighted by Gasteiger charge is -2.00. The van der Waals surface area contributed by atoms with E-state index in [1.807, 2.05) is 0 Å². The van der Waals surface area contributed by atoms with E-state index in [9.17, 15) is 0 Å². The number of hydrogen-bond donors (Lipinski definition) is 1. The minimum atomic E-state index is 0.567. The summed E-state index contributed by atoms with van der Waals surface area (Å²) in [5.41, 5.74) is 10.5. The van der Waals surface area contributed by atoms with E-state index in [1.165, 1.54) is 17.5 Å². The SMILES string of the molecule is NC[C@@H]1C[C@H]1c1cccc2nc(CCCCc3ccccc3)oc12. The third kappa shape index (κ3) is 3.22. The van der Waals surface area contributed by atoms with Gasteiger partial charge in [0.25, 0.3) is 0 Å². The molecule has 0 spiro atoms. The standard InChI is InChI=1S/C21H24N2O/c22-14-16-13-18(16)17-10-6-11-19-21(17)24-20(23-19)12-5-4-9-15-7-2-1-3-8-15/h1-3,6-8,10-11,16,18H,4-5,9,12-14,22H2/t16-,18+/m0/s1. The quantitative estimate of drug-likeness (QED) is 0.654. The average molecular weight is 320 g/mol. The van der Waals surface area contributed by atoms with Crippen molar-refractivity contribution in [3.8, 4) is 0 Å². The molecule has 1 aliphatic carbocycles. The summed E-state index contributed by atoms with van der Waals surface area (Å²) >= 11 is 0. The van der Waals surface area contributed by atoms with Crippen LogP contribution in [0.1, 0.15) is 42.2 Å². The number of nitrogens with zero attached hydrogens (tertiary/aromatic N) is 1. The van der Waals surface area contributed by atoms with Crippen LogP contribution in [0, 0.1) is 5.92 Å². The van der Waals surface area contributed by atoms with E-state index in [1.54, 1.807) is 0 Å². The maximum absolute atomic E-state index is 6.09. The van der Waals surface area contributed by atoms with Crippen molar-refractivity contribution in [2.45, 2.75) is 38.0 Å². The molecule has 1 fully saturated rings. The number of hydrogen-bond acceptors (Lipinski definition) is 3. The second-order valence-corrected chi connectivity index (χ2v) is 6.83. The molecule has 0 aliphatic heterocycles. The molecule has 3 aromatic rings. The molecule has 3 heteroatoms. The van der Waals surface area contributed by atoms with Crippen LogP contribution in [-0.2, 0) is 12.8 Å². The molecule has 1 aromatic heterocycles. The molecular formula is C21H24N2O. The van der Waals surface area contributed by atoms with E-state index in [4.69, 9.17) is 10.2 Å². The van der Waals surface area contributed by atoms with Gasteiger partial charge in [-0.2, -0.15) is 0 Å². The third-order valence-electron chi connectivity index (χ3n) is 5.06. The first-order valence-corrected chi connectivity index (χ1v) is 8.97. The average Bonchev–Trinajstić information content (AvgIpc) is 3.29. The first-order chi connectivity index (χ1) is 11.8. The molecule has 1 saturated carbocycles. The maximum Gasteiger partial charge on any atom is 0.195 e. The van der Waals surface area contributed by atoms with Crippen molar-refractivity contribution in [1.29, 1.82) is 0 Å². The summed E-state index contributed by atoms with van der Waals surface area (Å²) in [6, 6.07) is 17.0. The Balaban J connectivity index is 1.39. The first-order valence-electron chi connectivity index (χ1n) is 8.97. The van der Waals surface area contributed by atoms with Crippen LogP contribution in [0.25, 0.3) is 11.1 Å². The fraction of sp³-hybridized carbons (Fsp3) is 0.381. The summed E-state index contributed by atoms with van der Waals surface area (Å²) in [5, 5.41) is 0. The number of unbranched alkanes of at least 4 members (excludes halogenated alkanes) is 1. The van der Waals surface area contributed by atoms with Crippen LogP contribution in [0.2, 0.25) is 0 Å². The van der Waals surface area contributed by atoms with Crippen LogP contribution >= 0.6 is 0 Å². The summed E-state index contributed by atoms with van der Waals surface area (Å²) in [6.45, 7) is 0.765. The van der Waals surface area contributed by atoms with Gasteiger partial charge in [-0.05, 0) is 55.7 Å². The van der Waals surface area contributed by atoms with Gasteiger partial charge >= 0.3 is 0 Å². The van der Waals surface area contributed by atoms with E-state index in [2.05, 4.69) is 53.5 Å². The van der Waals surface area contributed by atoms with Gasteiger partial charge in [-0.15, -0.1) is 0 Å². The first kappa shape index (κ1) is 15.4. The Morgan fingerprint density at radius 3 is 2.62 bits per heavy atom. The predicted octanol–water partition coefficient (Wildman–Crippen LogP) is 4.46. The van der Waals surface area contributed by atoms with Crippen molar-refractivity contribution in [3.05, 3.63) is 65.5 Å². The number of para-hydroxylation sites is 1. The second-order valence-electron chi connectivity index (χ2n) is 6.83. The highest BCUT2D eigenvalue weighted by Crippen LogP contribution is 2.48. The van der Waals surface area contributed by atoms with Gasteiger partial charge in [0, 0.05) is 12.0 Å². The van der Waals surface area contributed by atoms with Gasteiger partial charge < -0.3 is 10.2 Å². The highest BCUT2D eigenvalue weighted by atomic mass is 16.3. The normalized spacial score (nSPS) is 19.7. The molecule has 0 amide bonds. The van der Waals surface area contributed by atoms with Gasteiger partial charge in [-0.1, -0.05) is 42.5 Å². The molecule has 4 rings (SSSR count). The monoisotopic (exact) mass is 320 g/mol. The number of aromatic nitrogens is 1. The highest BCUT2D eigenvalue weighted by molar-refractivity contribution is 5.77.